The van der Waals surface area contributed by atoms with Crippen molar-refractivity contribution in [3.63, 3.8) is 0 Å². The first-order chi connectivity index (χ1) is 21.0. The molecule has 0 bridgehead atoms. The molecule has 4 aromatic carbocycles. The van der Waals surface area contributed by atoms with E-state index in [2.05, 4.69) is 10.6 Å². The van der Waals surface area contributed by atoms with Crippen molar-refractivity contribution in [2.45, 2.75) is 64.6 Å². The van der Waals surface area contributed by atoms with Gasteiger partial charge in [0.2, 0.25) is 5.91 Å². The van der Waals surface area contributed by atoms with Crippen molar-refractivity contribution in [1.82, 2.24) is 10.2 Å². The van der Waals surface area contributed by atoms with E-state index in [1.807, 2.05) is 79.7 Å². The van der Waals surface area contributed by atoms with E-state index in [1.165, 1.54) is 12.1 Å². The summed E-state index contributed by atoms with van der Waals surface area (Å²) in [4.78, 5) is 43.1. The van der Waals surface area contributed by atoms with E-state index in [9.17, 15) is 19.5 Å². The third-order valence-corrected chi connectivity index (χ3v) is 7.09. The fourth-order valence-corrected chi connectivity index (χ4v) is 5.00. The smallest absolute Gasteiger partial charge is 0.408 e. The van der Waals surface area contributed by atoms with Gasteiger partial charge in [-0.2, -0.15) is 0 Å². The van der Waals surface area contributed by atoms with E-state index in [0.717, 1.165) is 22.8 Å². The Morgan fingerprint density at radius 2 is 1.52 bits per heavy atom. The number of rotatable bonds is 11. The Labute approximate surface area is 259 Å². The summed E-state index contributed by atoms with van der Waals surface area (Å²) < 4.78 is 5.50. The maximum atomic E-state index is 14.5. The van der Waals surface area contributed by atoms with Crippen molar-refractivity contribution in [3.05, 3.63) is 108 Å². The van der Waals surface area contributed by atoms with E-state index in [0.29, 0.717) is 24.2 Å². The lowest BCUT2D eigenvalue weighted by molar-refractivity contribution is -0.140. The minimum absolute atomic E-state index is 0.0933. The number of anilines is 1. The van der Waals surface area contributed by atoms with Crippen LogP contribution in [0.1, 0.15) is 57.7 Å². The highest BCUT2D eigenvalue weighted by molar-refractivity contribution is 6.00. The van der Waals surface area contributed by atoms with Crippen LogP contribution in [-0.2, 0) is 20.7 Å². The normalized spacial score (nSPS) is 12.6. The summed E-state index contributed by atoms with van der Waals surface area (Å²) in [7, 11) is 0. The van der Waals surface area contributed by atoms with Crippen LogP contribution in [0, 0.1) is 0 Å². The summed E-state index contributed by atoms with van der Waals surface area (Å²) >= 11 is 0. The zero-order valence-corrected chi connectivity index (χ0v) is 25.7. The van der Waals surface area contributed by atoms with Gasteiger partial charge in [-0.25, -0.2) is 4.79 Å². The molecular weight excluding hydrogens is 554 g/mol. The number of carbonyl (C=O) groups excluding carboxylic acids is 3. The predicted molar refractivity (Wildman–Crippen MR) is 173 cm³/mol. The van der Waals surface area contributed by atoms with E-state index in [4.69, 9.17) is 4.74 Å². The lowest BCUT2D eigenvalue weighted by Gasteiger charge is -2.34. The molecule has 2 atom stereocenters. The van der Waals surface area contributed by atoms with Gasteiger partial charge in [0.15, 0.2) is 0 Å². The summed E-state index contributed by atoms with van der Waals surface area (Å²) in [6.07, 6.45) is 0.840. The monoisotopic (exact) mass is 595 g/mol. The SMILES string of the molecule is CCCCN(C(=O)C(Cc1ccc(O)cc1)NC(=O)OC(C)(C)C)C(C(=O)Nc1ccc2ccccc2c1)c1ccccc1. The van der Waals surface area contributed by atoms with Crippen LogP contribution < -0.4 is 10.6 Å². The van der Waals surface area contributed by atoms with Crippen molar-refractivity contribution in [2.24, 2.45) is 0 Å². The van der Waals surface area contributed by atoms with Crippen LogP contribution in [0.25, 0.3) is 10.8 Å². The average Bonchev–Trinajstić information content (AvgIpc) is 2.99. The number of aromatic hydroxyl groups is 1. The Balaban J connectivity index is 1.71. The summed E-state index contributed by atoms with van der Waals surface area (Å²) in [6.45, 7) is 7.56. The highest BCUT2D eigenvalue weighted by atomic mass is 16.6. The molecule has 3 amide bonds. The Bertz CT molecular complexity index is 1560. The van der Waals surface area contributed by atoms with E-state index in [-0.39, 0.29) is 18.1 Å². The van der Waals surface area contributed by atoms with Crippen molar-refractivity contribution < 1.29 is 24.2 Å². The molecule has 44 heavy (non-hydrogen) atoms. The molecule has 8 nitrogen and oxygen atoms in total. The van der Waals surface area contributed by atoms with Crippen LogP contribution in [0.15, 0.2) is 97.1 Å². The predicted octanol–water partition coefficient (Wildman–Crippen LogP) is 6.99. The molecule has 8 heteroatoms. The van der Waals surface area contributed by atoms with Gasteiger partial charge in [-0.05, 0) is 73.4 Å². The van der Waals surface area contributed by atoms with E-state index >= 15 is 0 Å². The van der Waals surface area contributed by atoms with Crippen LogP contribution in [0.3, 0.4) is 0 Å². The molecule has 0 saturated heterocycles. The minimum atomic E-state index is -1.04. The molecule has 4 rings (SSSR count). The van der Waals surface area contributed by atoms with E-state index in [1.54, 1.807) is 37.8 Å². The molecule has 0 heterocycles. The zero-order chi connectivity index (χ0) is 31.7. The van der Waals surface area contributed by atoms with Crippen molar-refractivity contribution in [3.8, 4) is 5.75 Å². The average molecular weight is 596 g/mol. The van der Waals surface area contributed by atoms with E-state index < -0.39 is 29.7 Å². The number of hydrogen-bond donors (Lipinski definition) is 3. The Morgan fingerprint density at radius 1 is 0.864 bits per heavy atom. The number of carbonyl (C=O) groups is 3. The molecule has 3 N–H and O–H groups in total. The number of amides is 3. The first-order valence-electron chi connectivity index (χ1n) is 15.0. The summed E-state index contributed by atoms with van der Waals surface area (Å²) in [6, 6.07) is 27.2. The molecule has 0 aliphatic rings. The van der Waals surface area contributed by atoms with Gasteiger partial charge in [0.05, 0.1) is 0 Å². The number of unbranched alkanes of at least 4 members (excludes halogenated alkanes) is 1. The van der Waals surface area contributed by atoms with Gasteiger partial charge in [0.25, 0.3) is 5.91 Å². The maximum Gasteiger partial charge on any atom is 0.408 e. The molecular formula is C36H41N3O5. The van der Waals surface area contributed by atoms with Gasteiger partial charge in [0, 0.05) is 18.7 Å². The molecule has 2 unspecified atom stereocenters. The highest BCUT2D eigenvalue weighted by Crippen LogP contribution is 2.27. The second-order valence-corrected chi connectivity index (χ2v) is 11.8. The lowest BCUT2D eigenvalue weighted by Crippen LogP contribution is -2.53. The van der Waals surface area contributed by atoms with Gasteiger partial charge in [-0.3, -0.25) is 9.59 Å². The minimum Gasteiger partial charge on any atom is -0.508 e. The van der Waals surface area contributed by atoms with Crippen LogP contribution in [0.5, 0.6) is 5.75 Å². The van der Waals surface area contributed by atoms with Crippen LogP contribution >= 0.6 is 0 Å². The number of phenols is 1. The van der Waals surface area contributed by atoms with Crippen molar-refractivity contribution >= 4 is 34.4 Å². The quantitative estimate of drug-likeness (QED) is 0.173. The van der Waals surface area contributed by atoms with Gasteiger partial charge in [-0.1, -0.05) is 86.1 Å². The van der Waals surface area contributed by atoms with Crippen molar-refractivity contribution in [2.75, 3.05) is 11.9 Å². The molecule has 0 radical (unpaired) electrons. The molecule has 0 aromatic heterocycles. The maximum absolute atomic E-state index is 14.5. The molecule has 230 valence electrons. The zero-order valence-electron chi connectivity index (χ0n) is 25.7. The van der Waals surface area contributed by atoms with Gasteiger partial charge >= 0.3 is 6.09 Å². The number of nitrogens with zero attached hydrogens (tertiary/aromatic N) is 1. The molecule has 0 aliphatic carbocycles. The molecule has 0 saturated carbocycles. The van der Waals surface area contributed by atoms with Crippen LogP contribution in [-0.4, -0.2) is 46.1 Å². The Morgan fingerprint density at radius 3 is 2.18 bits per heavy atom. The number of hydrogen-bond acceptors (Lipinski definition) is 5. The summed E-state index contributed by atoms with van der Waals surface area (Å²) in [5, 5.41) is 17.6. The molecule has 0 aliphatic heterocycles. The second kappa shape index (κ2) is 14.6. The fraction of sp³-hybridized carbons (Fsp3) is 0.306. The van der Waals surface area contributed by atoms with Crippen molar-refractivity contribution in [1.29, 1.82) is 0 Å². The van der Waals surface area contributed by atoms with Crippen LogP contribution in [0.4, 0.5) is 10.5 Å². The number of alkyl carbamates (subject to hydrolysis) is 1. The molecule has 0 fully saturated rings. The number of fused-ring (bicyclic) bond motifs is 1. The first kappa shape index (κ1) is 32.1. The molecule has 4 aromatic rings. The second-order valence-electron chi connectivity index (χ2n) is 11.8. The number of ether oxygens (including phenoxy) is 1. The third kappa shape index (κ3) is 8.83. The van der Waals surface area contributed by atoms with Gasteiger partial charge in [0.1, 0.15) is 23.4 Å². The highest BCUT2D eigenvalue weighted by Gasteiger charge is 2.36. The third-order valence-electron chi connectivity index (χ3n) is 7.09. The Kier molecular flexibility index (Phi) is 10.6. The van der Waals surface area contributed by atoms with Gasteiger partial charge in [-0.15, -0.1) is 0 Å². The standard InChI is InChI=1S/C36H41N3O5/c1-5-6-22-39(34(42)31(38-35(43)44-36(2,3)4)23-25-16-20-30(40)21-17-25)32(27-13-8-7-9-14-27)33(41)37-29-19-18-26-12-10-11-15-28(26)24-29/h7-21,24,31-32,40H,5-6,22-23H2,1-4H3,(H,37,41)(H,38,43). The molecule has 0 spiro atoms. The number of nitrogens with one attached hydrogen (secondary N) is 2. The van der Waals surface area contributed by atoms with Gasteiger partial charge < -0.3 is 25.4 Å². The van der Waals surface area contributed by atoms with Crippen LogP contribution in [0.2, 0.25) is 0 Å². The summed E-state index contributed by atoms with van der Waals surface area (Å²) in [5.41, 5.74) is 1.22. The topological polar surface area (TPSA) is 108 Å². The first-order valence-corrected chi connectivity index (χ1v) is 15.0. The number of benzene rings is 4. The number of phenolic OH excluding ortho intramolecular Hbond substituents is 1. The fourth-order valence-electron chi connectivity index (χ4n) is 5.00. The summed E-state index contributed by atoms with van der Waals surface area (Å²) in [5.74, 6) is -0.688. The largest absolute Gasteiger partial charge is 0.508 e. The Hall–Kier alpha value is -4.85. The lowest BCUT2D eigenvalue weighted by atomic mass is 9.99.